The second kappa shape index (κ2) is 10.2. The topological polar surface area (TPSA) is 66.5 Å². The fraction of sp³-hybridized carbons (Fsp3) is 0.350. The van der Waals surface area contributed by atoms with E-state index in [-0.39, 0.29) is 12.5 Å². The quantitative estimate of drug-likeness (QED) is 0.602. The van der Waals surface area contributed by atoms with Gasteiger partial charge in [-0.3, -0.25) is 9.10 Å². The predicted octanol–water partition coefficient (Wildman–Crippen LogP) is 3.77. The molecule has 1 amide bonds. The second-order valence-corrected chi connectivity index (χ2v) is 10.0. The number of hydrogen-bond donors (Lipinski definition) is 1. The van der Waals surface area contributed by atoms with Gasteiger partial charge in [-0.15, -0.1) is 0 Å². The molecule has 0 spiro atoms. The van der Waals surface area contributed by atoms with Crippen LogP contribution in [0.25, 0.3) is 0 Å². The molecular formula is C20H25ClN2O3S2. The minimum absolute atomic E-state index is 0.239. The van der Waals surface area contributed by atoms with E-state index in [1.807, 2.05) is 44.2 Å². The molecule has 1 N–H and O–H groups in total. The van der Waals surface area contributed by atoms with Crippen molar-refractivity contribution in [3.8, 4) is 0 Å². The van der Waals surface area contributed by atoms with Gasteiger partial charge in [-0.2, -0.15) is 11.8 Å². The summed E-state index contributed by atoms with van der Waals surface area (Å²) in [6.07, 6.45) is 1.11. The van der Waals surface area contributed by atoms with Gasteiger partial charge < -0.3 is 5.32 Å². The van der Waals surface area contributed by atoms with Crippen LogP contribution in [-0.4, -0.2) is 39.4 Å². The Hall–Kier alpha value is -1.70. The summed E-state index contributed by atoms with van der Waals surface area (Å²) >= 11 is 7.78. The Morgan fingerprint density at radius 3 is 2.39 bits per heavy atom. The van der Waals surface area contributed by atoms with Crippen molar-refractivity contribution >= 4 is 45.0 Å². The normalized spacial score (nSPS) is 11.3. The van der Waals surface area contributed by atoms with Crippen molar-refractivity contribution in [2.75, 3.05) is 29.4 Å². The van der Waals surface area contributed by atoms with Crippen LogP contribution in [0, 0.1) is 13.8 Å². The van der Waals surface area contributed by atoms with Crippen molar-refractivity contribution in [3.63, 3.8) is 0 Å². The predicted molar refractivity (Wildman–Crippen MR) is 119 cm³/mol. The molecule has 0 aromatic heterocycles. The summed E-state index contributed by atoms with van der Waals surface area (Å²) in [7, 11) is -3.57. The standard InChI is InChI=1S/C20H25ClN2O3S2/c1-15-10-16(2)12-18(11-15)23(28(3,25)26)13-20(24)22-8-9-27-14-17-6-4-5-7-19(17)21/h4-7,10-12H,8-9,13-14H2,1-3H3,(H,22,24). The van der Waals surface area contributed by atoms with E-state index in [1.54, 1.807) is 23.9 Å². The van der Waals surface area contributed by atoms with Gasteiger partial charge in [-0.25, -0.2) is 8.42 Å². The lowest BCUT2D eigenvalue weighted by molar-refractivity contribution is -0.119. The minimum Gasteiger partial charge on any atom is -0.354 e. The Balaban J connectivity index is 1.87. The number of nitrogens with one attached hydrogen (secondary N) is 1. The molecule has 8 heteroatoms. The van der Waals surface area contributed by atoms with Crippen LogP contribution in [0.5, 0.6) is 0 Å². The maximum atomic E-state index is 12.3. The SMILES string of the molecule is Cc1cc(C)cc(N(CC(=O)NCCSCc2ccccc2Cl)S(C)(=O)=O)c1. The van der Waals surface area contributed by atoms with Crippen LogP contribution in [0.3, 0.4) is 0 Å². The van der Waals surface area contributed by atoms with Gasteiger partial charge in [-0.1, -0.05) is 35.9 Å². The molecule has 0 saturated carbocycles. The number of anilines is 1. The highest BCUT2D eigenvalue weighted by Crippen LogP contribution is 2.22. The Bertz CT molecular complexity index is 913. The summed E-state index contributed by atoms with van der Waals surface area (Å²) in [5, 5.41) is 3.52. The second-order valence-electron chi connectivity index (χ2n) is 6.61. The summed E-state index contributed by atoms with van der Waals surface area (Å²) in [4.78, 5) is 12.3. The van der Waals surface area contributed by atoms with Crippen molar-refractivity contribution < 1.29 is 13.2 Å². The first-order valence-electron chi connectivity index (χ1n) is 8.80. The number of rotatable bonds is 9. The Morgan fingerprint density at radius 2 is 1.79 bits per heavy atom. The van der Waals surface area contributed by atoms with E-state index in [9.17, 15) is 13.2 Å². The summed E-state index contributed by atoms with van der Waals surface area (Å²) < 4.78 is 25.5. The molecule has 152 valence electrons. The molecule has 0 unspecified atom stereocenters. The zero-order chi connectivity index (χ0) is 20.7. The lowest BCUT2D eigenvalue weighted by Gasteiger charge is -2.22. The van der Waals surface area contributed by atoms with Crippen LogP contribution in [0.15, 0.2) is 42.5 Å². The highest BCUT2D eigenvalue weighted by atomic mass is 35.5. The highest BCUT2D eigenvalue weighted by molar-refractivity contribution is 7.98. The molecule has 5 nitrogen and oxygen atoms in total. The molecule has 0 aliphatic rings. The molecule has 0 fully saturated rings. The third-order valence-corrected chi connectivity index (χ3v) is 6.48. The number of nitrogens with zero attached hydrogens (tertiary/aromatic N) is 1. The van der Waals surface area contributed by atoms with E-state index in [0.717, 1.165) is 38.0 Å². The van der Waals surface area contributed by atoms with Crippen LogP contribution in [0.4, 0.5) is 5.69 Å². The molecule has 0 radical (unpaired) electrons. The molecule has 28 heavy (non-hydrogen) atoms. The fourth-order valence-electron chi connectivity index (χ4n) is 2.74. The van der Waals surface area contributed by atoms with Crippen molar-refractivity contribution in [2.24, 2.45) is 0 Å². The maximum absolute atomic E-state index is 12.3. The molecule has 0 aliphatic carbocycles. The maximum Gasteiger partial charge on any atom is 0.240 e. The lowest BCUT2D eigenvalue weighted by Crippen LogP contribution is -2.41. The van der Waals surface area contributed by atoms with Gasteiger partial charge in [0.15, 0.2) is 0 Å². The monoisotopic (exact) mass is 440 g/mol. The van der Waals surface area contributed by atoms with E-state index in [1.165, 1.54) is 0 Å². The van der Waals surface area contributed by atoms with Gasteiger partial charge in [0, 0.05) is 23.1 Å². The van der Waals surface area contributed by atoms with E-state index >= 15 is 0 Å². The largest absolute Gasteiger partial charge is 0.354 e. The molecular weight excluding hydrogens is 416 g/mol. The van der Waals surface area contributed by atoms with E-state index in [4.69, 9.17) is 11.6 Å². The Kier molecular flexibility index (Phi) is 8.22. The van der Waals surface area contributed by atoms with Gasteiger partial charge in [-0.05, 0) is 48.7 Å². The van der Waals surface area contributed by atoms with Crippen LogP contribution >= 0.6 is 23.4 Å². The van der Waals surface area contributed by atoms with Crippen molar-refractivity contribution in [1.82, 2.24) is 5.32 Å². The Morgan fingerprint density at radius 1 is 1.14 bits per heavy atom. The molecule has 0 saturated heterocycles. The van der Waals surface area contributed by atoms with Crippen LogP contribution in [0.1, 0.15) is 16.7 Å². The van der Waals surface area contributed by atoms with Crippen LogP contribution in [0.2, 0.25) is 5.02 Å². The molecule has 0 heterocycles. The van der Waals surface area contributed by atoms with Crippen LogP contribution < -0.4 is 9.62 Å². The fourth-order valence-corrected chi connectivity index (χ4v) is 4.73. The molecule has 0 atom stereocenters. The third-order valence-electron chi connectivity index (χ3n) is 3.97. The first kappa shape index (κ1) is 22.6. The number of halogens is 1. The van der Waals surface area contributed by atoms with Crippen LogP contribution in [-0.2, 0) is 20.6 Å². The summed E-state index contributed by atoms with van der Waals surface area (Å²) in [5.74, 6) is 1.13. The number of aryl methyl sites for hydroxylation is 2. The van der Waals surface area contributed by atoms with Gasteiger partial charge in [0.25, 0.3) is 0 Å². The Labute approximate surface area is 176 Å². The van der Waals surface area contributed by atoms with E-state index in [0.29, 0.717) is 18.0 Å². The first-order valence-corrected chi connectivity index (χ1v) is 12.2. The minimum atomic E-state index is -3.57. The number of carbonyl (C=O) groups is 1. The molecule has 2 aromatic carbocycles. The average Bonchev–Trinajstić information content (AvgIpc) is 2.59. The van der Waals surface area contributed by atoms with E-state index < -0.39 is 10.0 Å². The van der Waals surface area contributed by atoms with Crippen molar-refractivity contribution in [3.05, 3.63) is 64.2 Å². The zero-order valence-electron chi connectivity index (χ0n) is 16.2. The number of sulfonamides is 1. The van der Waals surface area contributed by atoms with Crippen molar-refractivity contribution in [2.45, 2.75) is 19.6 Å². The van der Waals surface area contributed by atoms with Crippen molar-refractivity contribution in [1.29, 1.82) is 0 Å². The van der Waals surface area contributed by atoms with Gasteiger partial charge in [0.05, 0.1) is 11.9 Å². The number of amides is 1. The molecule has 0 aliphatic heterocycles. The number of benzene rings is 2. The average molecular weight is 441 g/mol. The molecule has 0 bridgehead atoms. The number of hydrogen-bond acceptors (Lipinski definition) is 4. The van der Waals surface area contributed by atoms with E-state index in [2.05, 4.69) is 5.32 Å². The zero-order valence-corrected chi connectivity index (χ0v) is 18.6. The number of carbonyl (C=O) groups excluding carboxylic acids is 1. The third kappa shape index (κ3) is 7.04. The molecule has 2 rings (SSSR count). The number of thioether (sulfide) groups is 1. The highest BCUT2D eigenvalue weighted by Gasteiger charge is 2.21. The summed E-state index contributed by atoms with van der Waals surface area (Å²) in [5.41, 5.74) is 3.45. The summed E-state index contributed by atoms with van der Waals surface area (Å²) in [6, 6.07) is 13.1. The van der Waals surface area contributed by atoms with Gasteiger partial charge in [0.2, 0.25) is 15.9 Å². The van der Waals surface area contributed by atoms with Gasteiger partial charge in [0.1, 0.15) is 6.54 Å². The first-order chi connectivity index (χ1) is 13.2. The van der Waals surface area contributed by atoms with Gasteiger partial charge >= 0.3 is 0 Å². The molecule has 2 aromatic rings. The summed E-state index contributed by atoms with van der Waals surface area (Å²) in [6.45, 7) is 4.01. The lowest BCUT2D eigenvalue weighted by atomic mass is 10.1. The smallest absolute Gasteiger partial charge is 0.240 e.